The molecule has 23 heavy (non-hydrogen) atoms. The van der Waals surface area contributed by atoms with Crippen molar-refractivity contribution in [2.24, 2.45) is 5.92 Å². The van der Waals surface area contributed by atoms with Gasteiger partial charge in [-0.2, -0.15) is 0 Å². The van der Waals surface area contributed by atoms with Crippen LogP contribution in [-0.4, -0.2) is 36.8 Å². The molecule has 1 fully saturated rings. The van der Waals surface area contributed by atoms with Gasteiger partial charge in [0.1, 0.15) is 6.10 Å². The first-order valence-electron chi connectivity index (χ1n) is 8.32. The van der Waals surface area contributed by atoms with Crippen LogP contribution in [0.1, 0.15) is 40.5 Å². The van der Waals surface area contributed by atoms with Crippen LogP contribution in [0.25, 0.3) is 0 Å². The normalized spacial score (nSPS) is 21.0. The van der Waals surface area contributed by atoms with Gasteiger partial charge in [-0.1, -0.05) is 11.6 Å². The molecule has 1 aliphatic carbocycles. The van der Waals surface area contributed by atoms with Crippen molar-refractivity contribution in [3.63, 3.8) is 0 Å². The molecule has 0 bridgehead atoms. The Labute approximate surface area is 144 Å². The standard InChI is InChI=1S/C17H25ClN2O3.H2/c1-2-22-17(21)9-10-19-11-13-3-6-15(7-4-13)23-16-8-5-14(18)12-20-16;/h5,8,12-13,15,19H,2-4,6-7,9-11H2,1H3;1H. The lowest BCUT2D eigenvalue weighted by Gasteiger charge is -2.28. The second-order valence-electron chi connectivity index (χ2n) is 5.83. The summed E-state index contributed by atoms with van der Waals surface area (Å²) in [6, 6.07) is 3.61. The average Bonchev–Trinajstić information content (AvgIpc) is 2.55. The van der Waals surface area contributed by atoms with Crippen LogP contribution in [0.15, 0.2) is 18.3 Å². The Morgan fingerprint density at radius 1 is 1.39 bits per heavy atom. The Hall–Kier alpha value is -1.33. The summed E-state index contributed by atoms with van der Waals surface area (Å²) in [5.74, 6) is 1.16. The number of hydrogen-bond acceptors (Lipinski definition) is 5. The minimum Gasteiger partial charge on any atom is -0.474 e. The van der Waals surface area contributed by atoms with Crippen molar-refractivity contribution in [1.29, 1.82) is 0 Å². The first kappa shape index (κ1) is 18.0. The Morgan fingerprint density at radius 2 is 2.17 bits per heavy atom. The molecule has 0 atom stereocenters. The van der Waals surface area contributed by atoms with E-state index in [1.807, 2.05) is 13.0 Å². The van der Waals surface area contributed by atoms with Crippen LogP contribution in [0.4, 0.5) is 0 Å². The van der Waals surface area contributed by atoms with E-state index in [9.17, 15) is 4.79 Å². The molecule has 0 saturated heterocycles. The predicted octanol–water partition coefficient (Wildman–Crippen LogP) is 3.46. The maximum Gasteiger partial charge on any atom is 0.307 e. The highest BCUT2D eigenvalue weighted by molar-refractivity contribution is 6.30. The number of carbonyl (C=O) groups is 1. The molecule has 2 rings (SSSR count). The van der Waals surface area contributed by atoms with Gasteiger partial charge in [0, 0.05) is 20.2 Å². The smallest absolute Gasteiger partial charge is 0.307 e. The lowest BCUT2D eigenvalue weighted by atomic mass is 9.87. The second-order valence-corrected chi connectivity index (χ2v) is 6.27. The number of nitrogens with one attached hydrogen (secondary N) is 1. The molecule has 1 aromatic rings. The lowest BCUT2D eigenvalue weighted by molar-refractivity contribution is -0.142. The van der Waals surface area contributed by atoms with Gasteiger partial charge in [0.15, 0.2) is 0 Å². The highest BCUT2D eigenvalue weighted by Gasteiger charge is 2.22. The number of ether oxygens (including phenoxy) is 2. The summed E-state index contributed by atoms with van der Waals surface area (Å²) in [7, 11) is 0. The molecular weight excluding hydrogens is 316 g/mol. The first-order valence-corrected chi connectivity index (χ1v) is 8.69. The van der Waals surface area contributed by atoms with Crippen LogP contribution in [0, 0.1) is 5.92 Å². The summed E-state index contributed by atoms with van der Waals surface area (Å²) < 4.78 is 10.8. The Bertz CT molecular complexity index is 479. The predicted molar refractivity (Wildman–Crippen MR) is 91.9 cm³/mol. The van der Waals surface area contributed by atoms with E-state index in [0.29, 0.717) is 36.4 Å². The van der Waals surface area contributed by atoms with Crippen molar-refractivity contribution >= 4 is 17.6 Å². The summed E-state index contributed by atoms with van der Waals surface area (Å²) in [6.07, 6.45) is 6.61. The minimum absolute atomic E-state index is 0. The average molecular weight is 343 g/mol. The topological polar surface area (TPSA) is 60.5 Å². The van der Waals surface area contributed by atoms with Crippen molar-refractivity contribution in [2.75, 3.05) is 19.7 Å². The van der Waals surface area contributed by atoms with E-state index in [-0.39, 0.29) is 13.5 Å². The molecule has 1 heterocycles. The van der Waals surface area contributed by atoms with Gasteiger partial charge in [-0.05, 0) is 51.1 Å². The second kappa shape index (κ2) is 9.73. The van der Waals surface area contributed by atoms with Gasteiger partial charge in [0.25, 0.3) is 0 Å². The van der Waals surface area contributed by atoms with Crippen LogP contribution >= 0.6 is 11.6 Å². The molecule has 1 aliphatic rings. The van der Waals surface area contributed by atoms with E-state index in [0.717, 1.165) is 32.2 Å². The van der Waals surface area contributed by atoms with Crippen LogP contribution in [0.5, 0.6) is 5.88 Å². The number of hydrogen-bond donors (Lipinski definition) is 1. The number of rotatable bonds is 8. The Balaban J connectivity index is 0.00000288. The van der Waals surface area contributed by atoms with Gasteiger partial charge in [-0.3, -0.25) is 4.79 Å². The third-order valence-electron chi connectivity index (χ3n) is 4.03. The van der Waals surface area contributed by atoms with E-state index in [2.05, 4.69) is 10.3 Å². The maximum atomic E-state index is 11.2. The molecule has 1 saturated carbocycles. The van der Waals surface area contributed by atoms with Crippen LogP contribution in [0.2, 0.25) is 5.02 Å². The van der Waals surface area contributed by atoms with E-state index in [4.69, 9.17) is 21.1 Å². The van der Waals surface area contributed by atoms with Crippen LogP contribution in [0.3, 0.4) is 0 Å². The fraction of sp³-hybridized carbons (Fsp3) is 0.647. The van der Waals surface area contributed by atoms with Gasteiger partial charge in [0.05, 0.1) is 18.1 Å². The molecule has 0 spiro atoms. The maximum absolute atomic E-state index is 11.2. The first-order chi connectivity index (χ1) is 11.2. The van der Waals surface area contributed by atoms with Crippen molar-refractivity contribution in [3.8, 4) is 5.88 Å². The SMILES string of the molecule is CCOC(=O)CCNCC1CCC(Oc2ccc(Cl)cn2)CC1.[HH]. The summed E-state index contributed by atoms with van der Waals surface area (Å²) in [5.41, 5.74) is 0. The molecule has 1 aromatic heterocycles. The highest BCUT2D eigenvalue weighted by Crippen LogP contribution is 2.27. The molecular formula is C17H27ClN2O3. The number of halogens is 1. The number of aromatic nitrogens is 1. The number of pyridine rings is 1. The molecule has 0 aromatic carbocycles. The van der Waals surface area contributed by atoms with E-state index >= 15 is 0 Å². The molecule has 0 radical (unpaired) electrons. The zero-order chi connectivity index (χ0) is 16.5. The van der Waals surface area contributed by atoms with Gasteiger partial charge in [0.2, 0.25) is 5.88 Å². The highest BCUT2D eigenvalue weighted by atomic mass is 35.5. The fourth-order valence-corrected chi connectivity index (χ4v) is 2.90. The van der Waals surface area contributed by atoms with Crippen LogP contribution < -0.4 is 10.1 Å². The van der Waals surface area contributed by atoms with Crippen molar-refractivity contribution in [1.82, 2.24) is 10.3 Å². The molecule has 0 aliphatic heterocycles. The minimum atomic E-state index is -0.132. The molecule has 5 nitrogen and oxygen atoms in total. The summed E-state index contributed by atoms with van der Waals surface area (Å²) in [5, 5.41) is 3.97. The van der Waals surface area contributed by atoms with Gasteiger partial charge < -0.3 is 14.8 Å². The van der Waals surface area contributed by atoms with Gasteiger partial charge in [-0.15, -0.1) is 0 Å². The quantitative estimate of drug-likeness (QED) is 0.579. The zero-order valence-electron chi connectivity index (χ0n) is 13.6. The summed E-state index contributed by atoms with van der Waals surface area (Å²) in [4.78, 5) is 15.4. The summed E-state index contributed by atoms with van der Waals surface area (Å²) in [6.45, 7) is 3.91. The molecule has 1 N–H and O–H groups in total. The van der Waals surface area contributed by atoms with E-state index in [1.54, 1.807) is 12.3 Å². The Morgan fingerprint density at radius 3 is 2.83 bits per heavy atom. The number of esters is 1. The number of nitrogens with zero attached hydrogens (tertiary/aromatic N) is 1. The Kier molecular flexibility index (Phi) is 7.62. The van der Waals surface area contributed by atoms with Crippen molar-refractivity contribution < 1.29 is 15.7 Å². The summed E-state index contributed by atoms with van der Waals surface area (Å²) >= 11 is 5.82. The molecule has 0 amide bonds. The molecule has 130 valence electrons. The van der Waals surface area contributed by atoms with Gasteiger partial charge >= 0.3 is 5.97 Å². The molecule has 6 heteroatoms. The van der Waals surface area contributed by atoms with Crippen LogP contribution in [-0.2, 0) is 9.53 Å². The fourth-order valence-electron chi connectivity index (χ4n) is 2.79. The van der Waals surface area contributed by atoms with Crippen molar-refractivity contribution in [2.45, 2.75) is 45.1 Å². The van der Waals surface area contributed by atoms with Crippen molar-refractivity contribution in [3.05, 3.63) is 23.4 Å². The molecule has 0 unspecified atom stereocenters. The third-order valence-corrected chi connectivity index (χ3v) is 4.25. The lowest BCUT2D eigenvalue weighted by Crippen LogP contribution is -2.31. The third kappa shape index (κ3) is 6.75. The number of carbonyl (C=O) groups excluding carboxylic acids is 1. The largest absolute Gasteiger partial charge is 0.474 e. The zero-order valence-corrected chi connectivity index (χ0v) is 14.3. The van der Waals surface area contributed by atoms with E-state index in [1.165, 1.54) is 0 Å². The van der Waals surface area contributed by atoms with Gasteiger partial charge in [-0.25, -0.2) is 4.98 Å². The monoisotopic (exact) mass is 342 g/mol. The van der Waals surface area contributed by atoms with E-state index < -0.39 is 0 Å².